The lowest BCUT2D eigenvalue weighted by atomic mass is 10.1. The number of pyridine rings is 1. The van der Waals surface area contributed by atoms with Gasteiger partial charge in [-0.2, -0.15) is 11.8 Å². The van der Waals surface area contributed by atoms with Crippen molar-refractivity contribution >= 4 is 17.7 Å². The van der Waals surface area contributed by atoms with Gasteiger partial charge in [0.1, 0.15) is 5.69 Å². The molecular weight excluding hydrogens is 260 g/mol. The van der Waals surface area contributed by atoms with Crippen molar-refractivity contribution in [3.63, 3.8) is 0 Å². The van der Waals surface area contributed by atoms with Crippen molar-refractivity contribution in [2.24, 2.45) is 5.84 Å². The lowest BCUT2D eigenvalue weighted by molar-refractivity contribution is 0.0948. The summed E-state index contributed by atoms with van der Waals surface area (Å²) in [7, 11) is 0. The Bertz CT molecular complexity index is 464. The average Bonchev–Trinajstić information content (AvgIpc) is 2.37. The van der Waals surface area contributed by atoms with E-state index in [0.717, 1.165) is 31.1 Å². The van der Waals surface area contributed by atoms with E-state index in [1.165, 1.54) is 0 Å². The lowest BCUT2D eigenvalue weighted by Gasteiger charge is -2.37. The fraction of sp³-hybridized carbons (Fsp3) is 0.538. The number of nitrogen functional groups attached to an aromatic ring is 1. The second kappa shape index (κ2) is 5.90. The van der Waals surface area contributed by atoms with E-state index in [9.17, 15) is 4.79 Å². The Hall–Kier alpha value is -1.11. The number of thioether (sulfide) groups is 1. The van der Waals surface area contributed by atoms with Gasteiger partial charge in [0.25, 0.3) is 5.91 Å². The smallest absolute Gasteiger partial charge is 0.283 e. The predicted octanol–water partition coefficient (Wildman–Crippen LogP) is 1.01. The van der Waals surface area contributed by atoms with Crippen LogP contribution in [-0.2, 0) is 6.54 Å². The van der Waals surface area contributed by atoms with Crippen LogP contribution in [0.5, 0.6) is 0 Å². The standard InChI is InChI=1S/C13H20N4OS/c1-13(2)9-17(6-7-19-13)8-10-4-3-5-11(15-10)12(18)16-14/h3-5H,6-9,14H2,1-2H3,(H,16,18). The van der Waals surface area contributed by atoms with Gasteiger partial charge in [-0.25, -0.2) is 10.8 Å². The van der Waals surface area contributed by atoms with Crippen molar-refractivity contribution in [3.05, 3.63) is 29.6 Å². The molecule has 1 amide bonds. The third kappa shape index (κ3) is 3.92. The molecule has 1 aromatic heterocycles. The molecule has 0 saturated carbocycles. The number of nitrogens with zero attached hydrogens (tertiary/aromatic N) is 2. The summed E-state index contributed by atoms with van der Waals surface area (Å²) in [5.74, 6) is 5.91. The van der Waals surface area contributed by atoms with Crippen LogP contribution in [0.25, 0.3) is 0 Å². The predicted molar refractivity (Wildman–Crippen MR) is 77.7 cm³/mol. The maximum atomic E-state index is 11.4. The molecule has 2 rings (SSSR count). The van der Waals surface area contributed by atoms with Crippen molar-refractivity contribution in [2.45, 2.75) is 25.1 Å². The summed E-state index contributed by atoms with van der Waals surface area (Å²) in [5, 5.41) is 0. The van der Waals surface area contributed by atoms with Gasteiger partial charge in [-0.1, -0.05) is 6.07 Å². The maximum absolute atomic E-state index is 11.4. The van der Waals surface area contributed by atoms with Crippen molar-refractivity contribution in [2.75, 3.05) is 18.8 Å². The minimum Gasteiger partial charge on any atom is -0.295 e. The van der Waals surface area contributed by atoms with Crippen LogP contribution in [0.2, 0.25) is 0 Å². The normalized spacial score (nSPS) is 19.1. The number of carbonyl (C=O) groups is 1. The molecule has 19 heavy (non-hydrogen) atoms. The van der Waals surface area contributed by atoms with E-state index in [-0.39, 0.29) is 10.7 Å². The zero-order chi connectivity index (χ0) is 13.9. The second-order valence-electron chi connectivity index (χ2n) is 5.31. The number of nitrogens with two attached hydrogens (primary N) is 1. The molecule has 1 saturated heterocycles. The Kier molecular flexibility index (Phi) is 4.44. The molecule has 1 aromatic rings. The van der Waals surface area contributed by atoms with Crippen LogP contribution in [0.1, 0.15) is 30.0 Å². The van der Waals surface area contributed by atoms with Gasteiger partial charge in [0.2, 0.25) is 0 Å². The summed E-state index contributed by atoms with van der Waals surface area (Å²) in [5.41, 5.74) is 3.38. The highest BCUT2D eigenvalue weighted by molar-refractivity contribution is 8.00. The molecule has 6 heteroatoms. The van der Waals surface area contributed by atoms with Gasteiger partial charge in [0.15, 0.2) is 0 Å². The van der Waals surface area contributed by atoms with Crippen LogP contribution in [0.15, 0.2) is 18.2 Å². The summed E-state index contributed by atoms with van der Waals surface area (Å²) in [6.07, 6.45) is 0. The Balaban J connectivity index is 2.05. The molecule has 0 bridgehead atoms. The largest absolute Gasteiger partial charge is 0.295 e. The highest BCUT2D eigenvalue weighted by atomic mass is 32.2. The molecule has 0 aromatic carbocycles. The van der Waals surface area contributed by atoms with Crippen LogP contribution in [0.3, 0.4) is 0 Å². The molecule has 104 valence electrons. The van der Waals surface area contributed by atoms with E-state index in [0.29, 0.717) is 5.69 Å². The first-order valence-electron chi connectivity index (χ1n) is 6.33. The molecule has 1 aliphatic heterocycles. The molecule has 0 spiro atoms. The minimum atomic E-state index is -0.351. The van der Waals surface area contributed by atoms with Gasteiger partial charge in [-0.3, -0.25) is 15.1 Å². The van der Waals surface area contributed by atoms with E-state index >= 15 is 0 Å². The van der Waals surface area contributed by atoms with Gasteiger partial charge >= 0.3 is 0 Å². The number of amides is 1. The number of hydrogen-bond acceptors (Lipinski definition) is 5. The molecule has 5 nitrogen and oxygen atoms in total. The third-order valence-electron chi connectivity index (χ3n) is 3.06. The number of hydrogen-bond donors (Lipinski definition) is 2. The first kappa shape index (κ1) is 14.3. The molecule has 2 heterocycles. The van der Waals surface area contributed by atoms with E-state index in [2.05, 4.69) is 29.2 Å². The van der Waals surface area contributed by atoms with E-state index in [4.69, 9.17) is 5.84 Å². The topological polar surface area (TPSA) is 71.2 Å². The fourth-order valence-corrected chi connectivity index (χ4v) is 3.42. The Labute approximate surface area is 117 Å². The second-order valence-corrected chi connectivity index (χ2v) is 7.11. The summed E-state index contributed by atoms with van der Waals surface area (Å²) in [6, 6.07) is 5.46. The average molecular weight is 280 g/mol. The van der Waals surface area contributed by atoms with Crippen LogP contribution in [-0.4, -0.2) is 39.4 Å². The van der Waals surface area contributed by atoms with E-state index < -0.39 is 0 Å². The first-order valence-corrected chi connectivity index (χ1v) is 7.32. The lowest BCUT2D eigenvalue weighted by Crippen LogP contribution is -2.42. The van der Waals surface area contributed by atoms with Crippen LogP contribution < -0.4 is 11.3 Å². The first-order chi connectivity index (χ1) is 9.00. The zero-order valence-corrected chi connectivity index (χ0v) is 12.2. The number of nitrogens with one attached hydrogen (secondary N) is 1. The SMILES string of the molecule is CC1(C)CN(Cc2cccc(C(=O)NN)n2)CCS1. The van der Waals surface area contributed by atoms with Gasteiger partial charge in [-0.05, 0) is 26.0 Å². The number of rotatable bonds is 3. The molecule has 3 N–H and O–H groups in total. The van der Waals surface area contributed by atoms with Crippen LogP contribution in [0.4, 0.5) is 0 Å². The number of hydrazine groups is 1. The Morgan fingerprint density at radius 3 is 3.05 bits per heavy atom. The van der Waals surface area contributed by atoms with Crippen molar-refractivity contribution < 1.29 is 4.79 Å². The van der Waals surface area contributed by atoms with Gasteiger partial charge in [-0.15, -0.1) is 0 Å². The van der Waals surface area contributed by atoms with Crippen LogP contribution >= 0.6 is 11.8 Å². The Morgan fingerprint density at radius 1 is 1.58 bits per heavy atom. The van der Waals surface area contributed by atoms with E-state index in [1.807, 2.05) is 23.9 Å². The molecule has 0 unspecified atom stereocenters. The highest BCUT2D eigenvalue weighted by Gasteiger charge is 2.27. The monoisotopic (exact) mass is 280 g/mol. The fourth-order valence-electron chi connectivity index (χ4n) is 2.25. The van der Waals surface area contributed by atoms with Gasteiger partial charge in [0.05, 0.1) is 5.69 Å². The maximum Gasteiger partial charge on any atom is 0.283 e. The molecule has 0 atom stereocenters. The third-order valence-corrected chi connectivity index (χ3v) is 4.36. The number of carbonyl (C=O) groups excluding carboxylic acids is 1. The summed E-state index contributed by atoms with van der Waals surface area (Å²) < 4.78 is 0.282. The number of aromatic nitrogens is 1. The Morgan fingerprint density at radius 2 is 2.37 bits per heavy atom. The van der Waals surface area contributed by atoms with Gasteiger partial charge in [0, 0.05) is 30.1 Å². The molecule has 1 aliphatic rings. The zero-order valence-electron chi connectivity index (χ0n) is 11.3. The molecule has 1 fully saturated rings. The highest BCUT2D eigenvalue weighted by Crippen LogP contribution is 2.29. The van der Waals surface area contributed by atoms with Crippen LogP contribution in [0, 0.1) is 0 Å². The molecule has 0 radical (unpaired) electrons. The van der Waals surface area contributed by atoms with Crippen molar-refractivity contribution in [3.8, 4) is 0 Å². The quantitative estimate of drug-likeness (QED) is 0.491. The summed E-state index contributed by atoms with van der Waals surface area (Å²) in [4.78, 5) is 18.2. The van der Waals surface area contributed by atoms with Crippen molar-refractivity contribution in [1.82, 2.24) is 15.3 Å². The molecular formula is C13H20N4OS. The van der Waals surface area contributed by atoms with Gasteiger partial charge < -0.3 is 0 Å². The molecule has 0 aliphatic carbocycles. The van der Waals surface area contributed by atoms with Crippen molar-refractivity contribution in [1.29, 1.82) is 0 Å². The minimum absolute atomic E-state index is 0.282. The van der Waals surface area contributed by atoms with E-state index in [1.54, 1.807) is 6.07 Å². The summed E-state index contributed by atoms with van der Waals surface area (Å²) >= 11 is 2.00. The summed E-state index contributed by atoms with van der Waals surface area (Å²) in [6.45, 7) is 7.39.